The SMILES string of the molecule is C[C@@H](C(=O)N1CCN(Cc2ncn[nH]2)CC1)N1CCCC1=O. The number of aromatic amines is 1. The molecule has 2 amide bonds. The van der Waals surface area contributed by atoms with Gasteiger partial charge in [0.25, 0.3) is 0 Å². The summed E-state index contributed by atoms with van der Waals surface area (Å²) in [5.41, 5.74) is 0. The second kappa shape index (κ2) is 6.43. The summed E-state index contributed by atoms with van der Waals surface area (Å²) in [5, 5.41) is 6.69. The summed E-state index contributed by atoms with van der Waals surface area (Å²) in [4.78, 5) is 34.2. The predicted octanol–water partition coefficient (Wildman–Crippen LogP) is -0.540. The third-order valence-electron chi connectivity index (χ3n) is 4.46. The first-order valence-corrected chi connectivity index (χ1v) is 7.80. The summed E-state index contributed by atoms with van der Waals surface area (Å²) in [7, 11) is 0. The van der Waals surface area contributed by atoms with Crippen LogP contribution in [0.25, 0.3) is 0 Å². The average Bonchev–Trinajstić information content (AvgIpc) is 3.18. The Morgan fingerprint density at radius 2 is 2.09 bits per heavy atom. The van der Waals surface area contributed by atoms with Gasteiger partial charge in [-0.15, -0.1) is 0 Å². The van der Waals surface area contributed by atoms with Gasteiger partial charge in [0, 0.05) is 39.1 Å². The molecule has 2 aliphatic heterocycles. The van der Waals surface area contributed by atoms with Crippen molar-refractivity contribution in [3.8, 4) is 0 Å². The van der Waals surface area contributed by atoms with E-state index in [1.165, 1.54) is 6.33 Å². The number of likely N-dealkylation sites (tertiary alicyclic amines) is 1. The van der Waals surface area contributed by atoms with Crippen LogP contribution in [-0.4, -0.2) is 80.5 Å². The van der Waals surface area contributed by atoms with Crippen LogP contribution in [-0.2, 0) is 16.1 Å². The monoisotopic (exact) mass is 306 g/mol. The molecule has 8 nitrogen and oxygen atoms in total. The molecule has 0 saturated carbocycles. The minimum absolute atomic E-state index is 0.0644. The molecule has 1 N–H and O–H groups in total. The summed E-state index contributed by atoms with van der Waals surface area (Å²) < 4.78 is 0. The van der Waals surface area contributed by atoms with Crippen LogP contribution < -0.4 is 0 Å². The number of carbonyl (C=O) groups excluding carboxylic acids is 2. The van der Waals surface area contributed by atoms with Crippen LogP contribution in [0.1, 0.15) is 25.6 Å². The zero-order valence-corrected chi connectivity index (χ0v) is 12.9. The van der Waals surface area contributed by atoms with Crippen LogP contribution in [0.4, 0.5) is 0 Å². The molecule has 0 radical (unpaired) electrons. The van der Waals surface area contributed by atoms with Gasteiger partial charge < -0.3 is 9.80 Å². The fraction of sp³-hybridized carbons (Fsp3) is 0.714. The van der Waals surface area contributed by atoms with E-state index in [9.17, 15) is 9.59 Å². The topological polar surface area (TPSA) is 85.4 Å². The number of aromatic nitrogens is 3. The molecule has 0 aliphatic carbocycles. The number of hydrogen-bond acceptors (Lipinski definition) is 5. The zero-order valence-electron chi connectivity index (χ0n) is 12.9. The molecule has 2 fully saturated rings. The summed E-state index contributed by atoms with van der Waals surface area (Å²) in [6.45, 7) is 6.28. The van der Waals surface area contributed by atoms with Gasteiger partial charge in [0.15, 0.2) is 0 Å². The lowest BCUT2D eigenvalue weighted by Crippen LogP contribution is -2.54. The van der Waals surface area contributed by atoms with Gasteiger partial charge in [-0.2, -0.15) is 5.10 Å². The first-order valence-electron chi connectivity index (χ1n) is 7.80. The first-order chi connectivity index (χ1) is 10.6. The van der Waals surface area contributed by atoms with Crippen LogP contribution >= 0.6 is 0 Å². The number of nitrogens with zero attached hydrogens (tertiary/aromatic N) is 5. The zero-order chi connectivity index (χ0) is 15.5. The Morgan fingerprint density at radius 3 is 2.68 bits per heavy atom. The number of amides is 2. The first kappa shape index (κ1) is 15.0. The normalized spacial score (nSPS) is 21.4. The van der Waals surface area contributed by atoms with Gasteiger partial charge in [-0.1, -0.05) is 0 Å². The molecule has 1 aromatic heterocycles. The lowest BCUT2D eigenvalue weighted by atomic mass is 10.2. The van der Waals surface area contributed by atoms with Gasteiger partial charge in [-0.25, -0.2) is 4.98 Å². The molecular formula is C14H22N6O2. The number of carbonyl (C=O) groups is 2. The summed E-state index contributed by atoms with van der Waals surface area (Å²) in [6, 6.07) is -0.337. The Kier molecular flexibility index (Phi) is 4.37. The van der Waals surface area contributed by atoms with E-state index in [4.69, 9.17) is 0 Å². The van der Waals surface area contributed by atoms with Gasteiger partial charge in [0.05, 0.1) is 6.54 Å². The largest absolute Gasteiger partial charge is 0.338 e. The molecule has 0 spiro atoms. The molecule has 8 heteroatoms. The van der Waals surface area contributed by atoms with E-state index >= 15 is 0 Å². The van der Waals surface area contributed by atoms with Crippen molar-refractivity contribution in [2.45, 2.75) is 32.4 Å². The third kappa shape index (κ3) is 3.11. The highest BCUT2D eigenvalue weighted by Gasteiger charge is 2.33. The summed E-state index contributed by atoms with van der Waals surface area (Å²) in [5.74, 6) is 1.01. The van der Waals surface area contributed by atoms with Crippen molar-refractivity contribution in [3.63, 3.8) is 0 Å². The Morgan fingerprint density at radius 1 is 1.32 bits per heavy atom. The quantitative estimate of drug-likeness (QED) is 0.807. The van der Waals surface area contributed by atoms with Crippen molar-refractivity contribution in [2.75, 3.05) is 32.7 Å². The molecule has 3 heterocycles. The Balaban J connectivity index is 1.50. The van der Waals surface area contributed by atoms with Crippen LogP contribution in [0.2, 0.25) is 0 Å². The number of piperazine rings is 1. The average molecular weight is 306 g/mol. The third-order valence-corrected chi connectivity index (χ3v) is 4.46. The molecule has 2 aliphatic rings. The van der Waals surface area contributed by atoms with Crippen LogP contribution in [0.5, 0.6) is 0 Å². The maximum Gasteiger partial charge on any atom is 0.245 e. The van der Waals surface area contributed by atoms with E-state index in [0.717, 1.165) is 31.9 Å². The van der Waals surface area contributed by atoms with Gasteiger partial charge in [0.1, 0.15) is 18.2 Å². The molecule has 0 bridgehead atoms. The van der Waals surface area contributed by atoms with Gasteiger partial charge in [-0.05, 0) is 13.3 Å². The van der Waals surface area contributed by atoms with Crippen LogP contribution in [0.15, 0.2) is 6.33 Å². The molecule has 1 atom stereocenters. The number of hydrogen-bond donors (Lipinski definition) is 1. The maximum absolute atomic E-state index is 12.5. The van der Waals surface area contributed by atoms with Gasteiger partial charge in [0.2, 0.25) is 11.8 Å². The lowest BCUT2D eigenvalue weighted by molar-refractivity contribution is -0.144. The van der Waals surface area contributed by atoms with E-state index in [-0.39, 0.29) is 17.9 Å². The fourth-order valence-electron chi connectivity index (χ4n) is 3.12. The van der Waals surface area contributed by atoms with Crippen molar-refractivity contribution in [1.29, 1.82) is 0 Å². The van der Waals surface area contributed by atoms with E-state index in [2.05, 4.69) is 20.1 Å². The van der Waals surface area contributed by atoms with Crippen molar-refractivity contribution in [1.82, 2.24) is 29.9 Å². The highest BCUT2D eigenvalue weighted by Crippen LogP contribution is 2.16. The minimum Gasteiger partial charge on any atom is -0.338 e. The second-order valence-electron chi connectivity index (χ2n) is 5.90. The highest BCUT2D eigenvalue weighted by molar-refractivity contribution is 5.88. The fourth-order valence-corrected chi connectivity index (χ4v) is 3.12. The number of H-pyrrole nitrogens is 1. The standard InChI is InChI=1S/C14H22N6O2/c1-11(20-4-2-3-13(20)21)14(22)19-7-5-18(6-8-19)9-12-15-10-16-17-12/h10-11H,2-9H2,1H3,(H,15,16,17)/t11-/m0/s1. The summed E-state index contributed by atoms with van der Waals surface area (Å²) in [6.07, 6.45) is 2.94. The summed E-state index contributed by atoms with van der Waals surface area (Å²) >= 11 is 0. The van der Waals surface area contributed by atoms with Crippen LogP contribution in [0.3, 0.4) is 0 Å². The van der Waals surface area contributed by atoms with Crippen LogP contribution in [0, 0.1) is 0 Å². The number of nitrogens with one attached hydrogen (secondary N) is 1. The predicted molar refractivity (Wildman–Crippen MR) is 78.6 cm³/mol. The van der Waals surface area contributed by atoms with E-state index in [0.29, 0.717) is 26.1 Å². The molecular weight excluding hydrogens is 284 g/mol. The molecule has 0 aromatic carbocycles. The Labute approximate surface area is 129 Å². The van der Waals surface area contributed by atoms with Crippen molar-refractivity contribution in [2.24, 2.45) is 0 Å². The molecule has 1 aromatic rings. The Bertz CT molecular complexity index is 523. The molecule has 120 valence electrons. The number of rotatable bonds is 4. The smallest absolute Gasteiger partial charge is 0.245 e. The maximum atomic E-state index is 12.5. The van der Waals surface area contributed by atoms with Gasteiger partial charge >= 0.3 is 0 Å². The molecule has 2 saturated heterocycles. The van der Waals surface area contributed by atoms with Crippen molar-refractivity contribution >= 4 is 11.8 Å². The van der Waals surface area contributed by atoms with Gasteiger partial charge in [-0.3, -0.25) is 19.6 Å². The van der Waals surface area contributed by atoms with E-state index in [1.807, 2.05) is 11.8 Å². The van der Waals surface area contributed by atoms with E-state index in [1.54, 1.807) is 4.90 Å². The van der Waals surface area contributed by atoms with E-state index < -0.39 is 0 Å². The minimum atomic E-state index is -0.337. The highest BCUT2D eigenvalue weighted by atomic mass is 16.2. The molecule has 3 rings (SSSR count). The molecule has 22 heavy (non-hydrogen) atoms. The molecule has 0 unspecified atom stereocenters. The second-order valence-corrected chi connectivity index (χ2v) is 5.90. The van der Waals surface area contributed by atoms with Crippen molar-refractivity contribution < 1.29 is 9.59 Å². The lowest BCUT2D eigenvalue weighted by Gasteiger charge is -2.37. The van der Waals surface area contributed by atoms with Crippen molar-refractivity contribution in [3.05, 3.63) is 12.2 Å². The Hall–Kier alpha value is -1.96.